The predicted molar refractivity (Wildman–Crippen MR) is 72.9 cm³/mol. The fourth-order valence-corrected chi connectivity index (χ4v) is 2.60. The summed E-state index contributed by atoms with van der Waals surface area (Å²) in [6.45, 7) is 3.37. The first-order chi connectivity index (χ1) is 8.25. The quantitative estimate of drug-likeness (QED) is 0.839. The number of nitrogens with one attached hydrogen (secondary N) is 1. The van der Waals surface area contributed by atoms with Gasteiger partial charge in [-0.15, -0.1) is 0 Å². The van der Waals surface area contributed by atoms with Crippen molar-refractivity contribution in [1.82, 2.24) is 4.98 Å². The topological polar surface area (TPSA) is 50.9 Å². The molecule has 3 nitrogen and oxygen atoms in total. The first kappa shape index (κ1) is 12.2. The fraction of sp³-hybridized carbons (Fsp3) is 0.643. The number of nitrogens with two attached hydrogens (primary N) is 1. The summed E-state index contributed by atoms with van der Waals surface area (Å²) < 4.78 is 0. The molecule has 1 heterocycles. The summed E-state index contributed by atoms with van der Waals surface area (Å²) >= 11 is 0. The predicted octanol–water partition coefficient (Wildman–Crippen LogP) is 3.29. The molecule has 94 valence electrons. The summed E-state index contributed by atoms with van der Waals surface area (Å²) in [6.07, 6.45) is 8.57. The van der Waals surface area contributed by atoms with Gasteiger partial charge in [-0.3, -0.25) is 0 Å². The summed E-state index contributed by atoms with van der Waals surface area (Å²) in [6, 6.07) is 3.91. The molecule has 1 fully saturated rings. The van der Waals surface area contributed by atoms with Crippen LogP contribution in [-0.4, -0.2) is 11.5 Å². The Kier molecular flexibility index (Phi) is 4.24. The molecule has 0 aromatic carbocycles. The van der Waals surface area contributed by atoms with Gasteiger partial charge in [0.25, 0.3) is 0 Å². The highest BCUT2D eigenvalue weighted by Crippen LogP contribution is 2.30. The molecule has 0 atom stereocenters. The lowest BCUT2D eigenvalue weighted by Gasteiger charge is -2.26. The number of aromatic nitrogens is 1. The van der Waals surface area contributed by atoms with E-state index in [0.29, 0.717) is 5.82 Å². The van der Waals surface area contributed by atoms with Gasteiger partial charge in [0.2, 0.25) is 0 Å². The van der Waals surface area contributed by atoms with E-state index in [2.05, 4.69) is 17.2 Å². The molecule has 0 saturated heterocycles. The Hall–Kier alpha value is -1.25. The molecule has 3 heteroatoms. The summed E-state index contributed by atoms with van der Waals surface area (Å²) in [4.78, 5) is 4.07. The Labute approximate surface area is 104 Å². The SMILES string of the molecule is CC1CCC(CCNc2cccnc2N)CC1. The minimum atomic E-state index is 0.602. The van der Waals surface area contributed by atoms with Crippen LogP contribution in [0.15, 0.2) is 18.3 Å². The summed E-state index contributed by atoms with van der Waals surface area (Å²) in [5, 5.41) is 3.38. The molecule has 0 unspecified atom stereocenters. The van der Waals surface area contributed by atoms with E-state index in [9.17, 15) is 0 Å². The summed E-state index contributed by atoms with van der Waals surface area (Å²) in [7, 11) is 0. The van der Waals surface area contributed by atoms with Gasteiger partial charge in [0.15, 0.2) is 0 Å². The zero-order chi connectivity index (χ0) is 12.1. The zero-order valence-corrected chi connectivity index (χ0v) is 10.7. The molecule has 1 saturated carbocycles. The Morgan fingerprint density at radius 3 is 2.82 bits per heavy atom. The fourth-order valence-electron chi connectivity index (χ4n) is 2.60. The number of hydrogen-bond donors (Lipinski definition) is 2. The van der Waals surface area contributed by atoms with E-state index in [-0.39, 0.29) is 0 Å². The standard InChI is InChI=1S/C14H23N3/c1-11-4-6-12(7-5-11)8-10-16-13-3-2-9-17-14(13)15/h2-3,9,11-12,16H,4-8,10H2,1H3,(H2,15,17). The maximum Gasteiger partial charge on any atom is 0.146 e. The van der Waals surface area contributed by atoms with E-state index in [4.69, 9.17) is 5.73 Å². The molecule has 2 rings (SSSR count). The summed E-state index contributed by atoms with van der Waals surface area (Å²) in [5.41, 5.74) is 6.75. The molecule has 0 radical (unpaired) electrons. The van der Waals surface area contributed by atoms with Crippen molar-refractivity contribution in [2.24, 2.45) is 11.8 Å². The number of nitrogen functional groups attached to an aromatic ring is 1. The Morgan fingerprint density at radius 2 is 2.12 bits per heavy atom. The molecular formula is C14H23N3. The molecular weight excluding hydrogens is 210 g/mol. The van der Waals surface area contributed by atoms with E-state index in [1.165, 1.54) is 32.1 Å². The van der Waals surface area contributed by atoms with Crippen molar-refractivity contribution in [2.75, 3.05) is 17.6 Å². The van der Waals surface area contributed by atoms with Gasteiger partial charge in [-0.05, 0) is 30.4 Å². The van der Waals surface area contributed by atoms with Crippen molar-refractivity contribution in [1.29, 1.82) is 0 Å². The monoisotopic (exact) mass is 233 g/mol. The van der Waals surface area contributed by atoms with Crippen LogP contribution in [0.2, 0.25) is 0 Å². The Morgan fingerprint density at radius 1 is 1.35 bits per heavy atom. The molecule has 0 aliphatic heterocycles. The Balaban J connectivity index is 1.71. The van der Waals surface area contributed by atoms with Crippen LogP contribution < -0.4 is 11.1 Å². The third kappa shape index (κ3) is 3.62. The van der Waals surface area contributed by atoms with Crippen molar-refractivity contribution >= 4 is 11.5 Å². The molecule has 0 bridgehead atoms. The van der Waals surface area contributed by atoms with Gasteiger partial charge >= 0.3 is 0 Å². The third-order valence-electron chi connectivity index (χ3n) is 3.84. The Bertz CT molecular complexity index is 343. The van der Waals surface area contributed by atoms with E-state index in [1.807, 2.05) is 12.1 Å². The normalized spacial score (nSPS) is 24.5. The maximum atomic E-state index is 5.78. The number of nitrogens with zero attached hydrogens (tertiary/aromatic N) is 1. The highest BCUT2D eigenvalue weighted by molar-refractivity contribution is 5.60. The lowest BCUT2D eigenvalue weighted by Crippen LogP contribution is -2.16. The van der Waals surface area contributed by atoms with Gasteiger partial charge in [0.05, 0.1) is 5.69 Å². The van der Waals surface area contributed by atoms with Gasteiger partial charge in [0, 0.05) is 12.7 Å². The minimum Gasteiger partial charge on any atom is -0.382 e. The third-order valence-corrected chi connectivity index (χ3v) is 3.84. The number of anilines is 2. The van der Waals surface area contributed by atoms with Crippen LogP contribution in [0.5, 0.6) is 0 Å². The van der Waals surface area contributed by atoms with E-state index < -0.39 is 0 Å². The van der Waals surface area contributed by atoms with Gasteiger partial charge < -0.3 is 11.1 Å². The second-order valence-corrected chi connectivity index (χ2v) is 5.28. The van der Waals surface area contributed by atoms with Gasteiger partial charge in [-0.25, -0.2) is 4.98 Å². The van der Waals surface area contributed by atoms with Crippen LogP contribution >= 0.6 is 0 Å². The highest BCUT2D eigenvalue weighted by Gasteiger charge is 2.17. The molecule has 17 heavy (non-hydrogen) atoms. The molecule has 1 aromatic rings. The van der Waals surface area contributed by atoms with Crippen molar-refractivity contribution in [2.45, 2.75) is 39.0 Å². The van der Waals surface area contributed by atoms with Gasteiger partial charge in [-0.1, -0.05) is 32.6 Å². The van der Waals surface area contributed by atoms with Crippen molar-refractivity contribution in [3.8, 4) is 0 Å². The summed E-state index contributed by atoms with van der Waals surface area (Å²) in [5.74, 6) is 2.44. The van der Waals surface area contributed by atoms with Crippen LogP contribution in [-0.2, 0) is 0 Å². The number of hydrogen-bond acceptors (Lipinski definition) is 3. The van der Waals surface area contributed by atoms with Crippen molar-refractivity contribution in [3.05, 3.63) is 18.3 Å². The first-order valence-electron chi connectivity index (χ1n) is 6.70. The molecule has 3 N–H and O–H groups in total. The van der Waals surface area contributed by atoms with E-state index in [1.54, 1.807) is 6.20 Å². The minimum absolute atomic E-state index is 0.602. The lowest BCUT2D eigenvalue weighted by molar-refractivity contribution is 0.282. The van der Waals surface area contributed by atoms with Crippen molar-refractivity contribution < 1.29 is 0 Å². The maximum absolute atomic E-state index is 5.78. The van der Waals surface area contributed by atoms with Crippen LogP contribution in [0.1, 0.15) is 39.0 Å². The van der Waals surface area contributed by atoms with Crippen molar-refractivity contribution in [3.63, 3.8) is 0 Å². The second-order valence-electron chi connectivity index (χ2n) is 5.28. The second kappa shape index (κ2) is 5.89. The largest absolute Gasteiger partial charge is 0.382 e. The first-order valence-corrected chi connectivity index (χ1v) is 6.70. The van der Waals surface area contributed by atoms with Crippen LogP contribution in [0.3, 0.4) is 0 Å². The molecule has 1 aliphatic rings. The average molecular weight is 233 g/mol. The lowest BCUT2D eigenvalue weighted by atomic mass is 9.81. The molecule has 0 spiro atoms. The van der Waals surface area contributed by atoms with Crippen LogP contribution in [0.4, 0.5) is 11.5 Å². The van der Waals surface area contributed by atoms with Gasteiger partial charge in [0.1, 0.15) is 5.82 Å². The number of rotatable bonds is 4. The van der Waals surface area contributed by atoms with Crippen LogP contribution in [0, 0.1) is 11.8 Å². The van der Waals surface area contributed by atoms with Crippen LogP contribution in [0.25, 0.3) is 0 Å². The van der Waals surface area contributed by atoms with Gasteiger partial charge in [-0.2, -0.15) is 0 Å². The molecule has 1 aromatic heterocycles. The van der Waals surface area contributed by atoms with E-state index >= 15 is 0 Å². The number of pyridine rings is 1. The molecule has 1 aliphatic carbocycles. The average Bonchev–Trinajstić information content (AvgIpc) is 2.34. The van der Waals surface area contributed by atoms with E-state index in [0.717, 1.165) is 24.1 Å². The highest BCUT2D eigenvalue weighted by atomic mass is 14.9. The molecule has 0 amide bonds. The smallest absolute Gasteiger partial charge is 0.146 e. The zero-order valence-electron chi connectivity index (χ0n) is 10.7.